The van der Waals surface area contributed by atoms with E-state index in [-0.39, 0.29) is 28.8 Å². The van der Waals surface area contributed by atoms with Gasteiger partial charge in [-0.1, -0.05) is 12.1 Å². The zero-order chi connectivity index (χ0) is 20.7. The minimum absolute atomic E-state index is 0.0697. The molecule has 1 N–H and O–H groups in total. The van der Waals surface area contributed by atoms with E-state index in [1.54, 1.807) is 31.2 Å². The topological polar surface area (TPSA) is 102 Å². The molecule has 2 rings (SSSR count). The SMILES string of the molecule is CCOCCCn1c(O)c(C(=O)c2ccccc2OCC)c(C)c(C#N)c1=O. The van der Waals surface area contributed by atoms with E-state index in [9.17, 15) is 20.0 Å². The lowest BCUT2D eigenvalue weighted by Crippen LogP contribution is -2.27. The van der Waals surface area contributed by atoms with Crippen LogP contribution in [0, 0.1) is 18.3 Å². The number of aromatic nitrogens is 1. The highest BCUT2D eigenvalue weighted by atomic mass is 16.5. The second-order valence-electron chi connectivity index (χ2n) is 6.08. The first kappa shape index (κ1) is 21.2. The molecule has 0 aliphatic carbocycles. The van der Waals surface area contributed by atoms with E-state index in [0.29, 0.717) is 32.0 Å². The fourth-order valence-corrected chi connectivity index (χ4v) is 2.97. The summed E-state index contributed by atoms with van der Waals surface area (Å²) >= 11 is 0. The second kappa shape index (κ2) is 9.72. The van der Waals surface area contributed by atoms with Gasteiger partial charge < -0.3 is 14.6 Å². The molecular formula is C21H24N2O5. The molecule has 28 heavy (non-hydrogen) atoms. The molecule has 0 aliphatic heterocycles. The third-order valence-corrected chi connectivity index (χ3v) is 4.33. The van der Waals surface area contributed by atoms with Crippen molar-refractivity contribution >= 4 is 5.78 Å². The average molecular weight is 384 g/mol. The minimum Gasteiger partial charge on any atom is -0.494 e. The fourth-order valence-electron chi connectivity index (χ4n) is 2.97. The van der Waals surface area contributed by atoms with E-state index in [2.05, 4.69) is 0 Å². The molecule has 2 aromatic rings. The van der Waals surface area contributed by atoms with Crippen molar-refractivity contribution in [2.24, 2.45) is 0 Å². The number of nitrogens with zero attached hydrogens (tertiary/aromatic N) is 2. The molecular weight excluding hydrogens is 360 g/mol. The van der Waals surface area contributed by atoms with Crippen LogP contribution in [-0.2, 0) is 11.3 Å². The Balaban J connectivity index is 2.59. The summed E-state index contributed by atoms with van der Waals surface area (Å²) in [6.45, 7) is 6.58. The molecule has 0 atom stereocenters. The van der Waals surface area contributed by atoms with Gasteiger partial charge in [-0.25, -0.2) is 0 Å². The smallest absolute Gasteiger partial charge is 0.271 e. The zero-order valence-electron chi connectivity index (χ0n) is 16.3. The van der Waals surface area contributed by atoms with E-state index in [0.717, 1.165) is 4.57 Å². The Hall–Kier alpha value is -3.11. The van der Waals surface area contributed by atoms with Gasteiger partial charge in [0.2, 0.25) is 11.7 Å². The predicted octanol–water partition coefficient (Wildman–Crippen LogP) is 2.79. The van der Waals surface area contributed by atoms with Gasteiger partial charge in [0, 0.05) is 19.8 Å². The lowest BCUT2D eigenvalue weighted by molar-refractivity contribution is 0.103. The number of carbonyl (C=O) groups is 1. The Morgan fingerprint density at radius 1 is 1.25 bits per heavy atom. The van der Waals surface area contributed by atoms with Crippen LogP contribution >= 0.6 is 0 Å². The molecule has 1 aromatic heterocycles. The van der Waals surface area contributed by atoms with Crippen LogP contribution in [0.2, 0.25) is 0 Å². The summed E-state index contributed by atoms with van der Waals surface area (Å²) in [5.41, 5.74) is -0.441. The Morgan fingerprint density at radius 2 is 1.96 bits per heavy atom. The molecule has 0 bridgehead atoms. The lowest BCUT2D eigenvalue weighted by Gasteiger charge is -2.16. The normalized spacial score (nSPS) is 10.5. The number of pyridine rings is 1. The summed E-state index contributed by atoms with van der Waals surface area (Å²) in [5, 5.41) is 20.2. The standard InChI is InChI=1S/C21H24N2O5/c1-4-27-12-8-11-23-20(25)16(13-22)14(3)18(21(23)26)19(24)15-9-6-7-10-17(15)28-5-2/h6-7,9-10,26H,4-5,8,11-12H2,1-3H3. The van der Waals surface area contributed by atoms with E-state index < -0.39 is 17.2 Å². The molecule has 1 heterocycles. The van der Waals surface area contributed by atoms with E-state index in [1.165, 1.54) is 6.92 Å². The van der Waals surface area contributed by atoms with Crippen molar-refractivity contribution in [1.82, 2.24) is 4.57 Å². The molecule has 0 unspecified atom stereocenters. The van der Waals surface area contributed by atoms with Gasteiger partial charge in [-0.2, -0.15) is 5.26 Å². The fraction of sp³-hybridized carbons (Fsp3) is 0.381. The Bertz CT molecular complexity index is 956. The van der Waals surface area contributed by atoms with Crippen molar-refractivity contribution in [1.29, 1.82) is 5.26 Å². The first-order chi connectivity index (χ1) is 13.5. The Labute approximate surface area is 163 Å². The Morgan fingerprint density at radius 3 is 2.61 bits per heavy atom. The number of hydrogen-bond donors (Lipinski definition) is 1. The number of ketones is 1. The molecule has 7 heteroatoms. The van der Waals surface area contributed by atoms with Crippen LogP contribution in [0.3, 0.4) is 0 Å². The summed E-state index contributed by atoms with van der Waals surface area (Å²) in [6.07, 6.45) is 0.457. The van der Waals surface area contributed by atoms with E-state index in [1.807, 2.05) is 13.0 Å². The Kier molecular flexibility index (Phi) is 7.36. The number of hydrogen-bond acceptors (Lipinski definition) is 6. The van der Waals surface area contributed by atoms with Gasteiger partial charge in [0.25, 0.3) is 5.56 Å². The second-order valence-corrected chi connectivity index (χ2v) is 6.08. The molecule has 0 fully saturated rings. The molecule has 0 spiro atoms. The summed E-state index contributed by atoms with van der Waals surface area (Å²) in [6, 6.07) is 8.53. The maximum atomic E-state index is 13.2. The molecule has 0 saturated carbocycles. The van der Waals surface area contributed by atoms with Gasteiger partial charge >= 0.3 is 0 Å². The summed E-state index contributed by atoms with van der Waals surface area (Å²) in [5.74, 6) is -0.579. The van der Waals surface area contributed by atoms with Crippen LogP contribution in [-0.4, -0.2) is 35.3 Å². The van der Waals surface area contributed by atoms with Crippen LogP contribution in [0.25, 0.3) is 0 Å². The maximum Gasteiger partial charge on any atom is 0.271 e. The number of aromatic hydroxyl groups is 1. The number of carbonyl (C=O) groups excluding carboxylic acids is 1. The monoisotopic (exact) mass is 384 g/mol. The molecule has 0 aliphatic rings. The average Bonchev–Trinajstić information content (AvgIpc) is 2.68. The predicted molar refractivity (Wildman–Crippen MR) is 104 cm³/mol. The van der Waals surface area contributed by atoms with Crippen molar-refractivity contribution in [3.05, 3.63) is 56.9 Å². The molecule has 0 radical (unpaired) electrons. The van der Waals surface area contributed by atoms with Gasteiger partial charge in [-0.15, -0.1) is 0 Å². The lowest BCUT2D eigenvalue weighted by atomic mass is 9.96. The number of ether oxygens (including phenoxy) is 2. The van der Waals surface area contributed by atoms with Crippen molar-refractivity contribution in [3.63, 3.8) is 0 Å². The molecule has 0 amide bonds. The van der Waals surface area contributed by atoms with Gasteiger partial charge in [0.15, 0.2) is 0 Å². The number of benzene rings is 1. The van der Waals surface area contributed by atoms with Crippen LogP contribution in [0.15, 0.2) is 29.1 Å². The highest BCUT2D eigenvalue weighted by Crippen LogP contribution is 2.28. The first-order valence-electron chi connectivity index (χ1n) is 9.18. The number of nitriles is 1. The third-order valence-electron chi connectivity index (χ3n) is 4.33. The zero-order valence-corrected chi connectivity index (χ0v) is 16.3. The van der Waals surface area contributed by atoms with Crippen molar-refractivity contribution in [2.45, 2.75) is 33.7 Å². The summed E-state index contributed by atoms with van der Waals surface area (Å²) in [7, 11) is 0. The van der Waals surface area contributed by atoms with Crippen LogP contribution in [0.1, 0.15) is 47.3 Å². The van der Waals surface area contributed by atoms with Crippen LogP contribution < -0.4 is 10.3 Å². The van der Waals surface area contributed by atoms with Crippen LogP contribution in [0.5, 0.6) is 11.6 Å². The number of rotatable bonds is 9. The summed E-state index contributed by atoms with van der Waals surface area (Å²) < 4.78 is 11.8. The van der Waals surface area contributed by atoms with Gasteiger partial charge in [0.05, 0.1) is 17.7 Å². The molecule has 1 aromatic carbocycles. The van der Waals surface area contributed by atoms with Crippen molar-refractivity contribution < 1.29 is 19.4 Å². The van der Waals surface area contributed by atoms with E-state index in [4.69, 9.17) is 9.47 Å². The number of para-hydroxylation sites is 1. The highest BCUT2D eigenvalue weighted by Gasteiger charge is 2.26. The largest absolute Gasteiger partial charge is 0.494 e. The quantitative estimate of drug-likeness (QED) is 0.527. The summed E-state index contributed by atoms with van der Waals surface area (Å²) in [4.78, 5) is 25.8. The molecule has 148 valence electrons. The van der Waals surface area contributed by atoms with Crippen molar-refractivity contribution in [2.75, 3.05) is 19.8 Å². The third kappa shape index (κ3) is 4.24. The van der Waals surface area contributed by atoms with E-state index >= 15 is 0 Å². The van der Waals surface area contributed by atoms with Gasteiger partial charge in [-0.05, 0) is 44.9 Å². The first-order valence-corrected chi connectivity index (χ1v) is 9.18. The maximum absolute atomic E-state index is 13.2. The van der Waals surface area contributed by atoms with Gasteiger partial charge in [-0.3, -0.25) is 14.2 Å². The highest BCUT2D eigenvalue weighted by molar-refractivity contribution is 6.13. The minimum atomic E-state index is -0.622. The molecule has 0 saturated heterocycles. The van der Waals surface area contributed by atoms with Crippen molar-refractivity contribution in [3.8, 4) is 17.7 Å². The van der Waals surface area contributed by atoms with Crippen LogP contribution in [0.4, 0.5) is 0 Å². The van der Waals surface area contributed by atoms with Gasteiger partial charge in [0.1, 0.15) is 17.4 Å². The molecule has 7 nitrogen and oxygen atoms in total.